The Morgan fingerprint density at radius 2 is 1.88 bits per heavy atom. The van der Waals surface area contributed by atoms with Gasteiger partial charge in [-0.2, -0.15) is 4.31 Å². The molecule has 0 amide bonds. The van der Waals surface area contributed by atoms with Gasteiger partial charge in [0.25, 0.3) is 0 Å². The number of aromatic hydroxyl groups is 1. The molecule has 1 N–H and O–H groups in total. The van der Waals surface area contributed by atoms with Gasteiger partial charge in [0.15, 0.2) is 0 Å². The van der Waals surface area contributed by atoms with Gasteiger partial charge in [0, 0.05) is 12.6 Å². The van der Waals surface area contributed by atoms with E-state index < -0.39 is 10.0 Å². The summed E-state index contributed by atoms with van der Waals surface area (Å²) in [7, 11) is -3.60. The Hall–Kier alpha value is -1.07. The maximum atomic E-state index is 12.2. The maximum absolute atomic E-state index is 12.2. The molecule has 0 fully saturated rings. The zero-order valence-electron chi connectivity index (χ0n) is 9.71. The van der Waals surface area contributed by atoms with Crippen LogP contribution in [0.1, 0.15) is 20.8 Å². The molecule has 0 bridgehead atoms. The average Bonchev–Trinajstić information content (AvgIpc) is 2.17. The van der Waals surface area contributed by atoms with Gasteiger partial charge in [0.05, 0.1) is 0 Å². The van der Waals surface area contributed by atoms with Gasteiger partial charge in [0.2, 0.25) is 10.0 Å². The van der Waals surface area contributed by atoms with Crippen molar-refractivity contribution in [2.24, 2.45) is 0 Å². The van der Waals surface area contributed by atoms with E-state index in [0.29, 0.717) is 6.54 Å². The predicted octanol–water partition coefficient (Wildman–Crippen LogP) is 1.81. The van der Waals surface area contributed by atoms with Crippen molar-refractivity contribution in [1.29, 1.82) is 0 Å². The van der Waals surface area contributed by atoms with Crippen LogP contribution in [0.15, 0.2) is 29.2 Å². The molecule has 5 heteroatoms. The summed E-state index contributed by atoms with van der Waals surface area (Å²) in [5, 5.41) is 9.57. The normalized spacial score (nSPS) is 12.3. The Balaban J connectivity index is 3.26. The Bertz CT molecular complexity index is 454. The molecule has 0 heterocycles. The fourth-order valence-corrected chi connectivity index (χ4v) is 3.34. The minimum absolute atomic E-state index is 0.0365. The van der Waals surface area contributed by atoms with Crippen molar-refractivity contribution in [2.45, 2.75) is 31.7 Å². The molecule has 0 unspecified atom stereocenters. The summed E-state index contributed by atoms with van der Waals surface area (Å²) < 4.78 is 25.7. The quantitative estimate of drug-likeness (QED) is 0.877. The Morgan fingerprint density at radius 1 is 1.31 bits per heavy atom. The summed E-state index contributed by atoms with van der Waals surface area (Å²) in [6.07, 6.45) is 0. The van der Waals surface area contributed by atoms with Crippen molar-refractivity contribution in [3.8, 4) is 5.75 Å². The second-order valence-corrected chi connectivity index (χ2v) is 5.63. The SMILES string of the molecule is CCN(C(C)C)S(=O)(=O)c1ccccc1O. The van der Waals surface area contributed by atoms with Crippen LogP contribution in [0.4, 0.5) is 0 Å². The third kappa shape index (κ3) is 2.36. The van der Waals surface area contributed by atoms with Crippen molar-refractivity contribution in [3.63, 3.8) is 0 Å². The van der Waals surface area contributed by atoms with Crippen molar-refractivity contribution < 1.29 is 13.5 Å². The number of sulfonamides is 1. The lowest BCUT2D eigenvalue weighted by Crippen LogP contribution is -2.36. The topological polar surface area (TPSA) is 57.6 Å². The molecule has 0 aromatic heterocycles. The highest BCUT2D eigenvalue weighted by atomic mass is 32.2. The number of phenolic OH excluding ortho intramolecular Hbond substituents is 1. The minimum atomic E-state index is -3.60. The first kappa shape index (κ1) is 13.0. The first-order valence-corrected chi connectivity index (χ1v) is 6.65. The van der Waals surface area contributed by atoms with Crippen molar-refractivity contribution in [3.05, 3.63) is 24.3 Å². The van der Waals surface area contributed by atoms with Crippen LogP contribution in [0.3, 0.4) is 0 Å². The van der Waals surface area contributed by atoms with E-state index in [1.54, 1.807) is 32.9 Å². The van der Waals surface area contributed by atoms with E-state index in [1.807, 2.05) is 0 Å². The number of benzene rings is 1. The second-order valence-electron chi connectivity index (χ2n) is 3.77. The van der Waals surface area contributed by atoms with Crippen LogP contribution >= 0.6 is 0 Å². The van der Waals surface area contributed by atoms with Gasteiger partial charge >= 0.3 is 0 Å². The first-order valence-electron chi connectivity index (χ1n) is 5.21. The molecule has 0 saturated carbocycles. The molecule has 0 aliphatic carbocycles. The van der Waals surface area contributed by atoms with E-state index in [-0.39, 0.29) is 16.7 Å². The van der Waals surface area contributed by atoms with Crippen LogP contribution in [0.25, 0.3) is 0 Å². The molecule has 1 aromatic carbocycles. The lowest BCUT2D eigenvalue weighted by molar-refractivity contribution is 0.365. The number of hydrogen-bond acceptors (Lipinski definition) is 3. The van der Waals surface area contributed by atoms with Gasteiger partial charge in [-0.25, -0.2) is 8.42 Å². The highest BCUT2D eigenvalue weighted by Crippen LogP contribution is 2.25. The molecule has 0 radical (unpaired) electrons. The number of phenols is 1. The summed E-state index contributed by atoms with van der Waals surface area (Å²) in [5.41, 5.74) is 0. The van der Waals surface area contributed by atoms with Crippen LogP contribution in [0.5, 0.6) is 5.75 Å². The molecule has 90 valence electrons. The van der Waals surface area contributed by atoms with Gasteiger partial charge in [-0.05, 0) is 26.0 Å². The molecule has 0 aliphatic rings. The molecule has 1 aromatic rings. The number of para-hydroxylation sites is 1. The van der Waals surface area contributed by atoms with Crippen molar-refractivity contribution >= 4 is 10.0 Å². The monoisotopic (exact) mass is 243 g/mol. The third-order valence-corrected chi connectivity index (χ3v) is 4.54. The van der Waals surface area contributed by atoms with E-state index in [0.717, 1.165) is 0 Å². The summed E-state index contributed by atoms with van der Waals surface area (Å²) in [4.78, 5) is -0.0365. The van der Waals surface area contributed by atoms with Gasteiger partial charge in [-0.15, -0.1) is 0 Å². The number of hydrogen-bond donors (Lipinski definition) is 1. The molecule has 1 rings (SSSR count). The molecular formula is C11H17NO3S. The van der Waals surface area contributed by atoms with Gasteiger partial charge in [0.1, 0.15) is 10.6 Å². The van der Waals surface area contributed by atoms with Gasteiger partial charge < -0.3 is 5.11 Å². The molecule has 0 aliphatic heterocycles. The second kappa shape index (κ2) is 4.84. The minimum Gasteiger partial charge on any atom is -0.507 e. The molecule has 0 saturated heterocycles. The zero-order chi connectivity index (χ0) is 12.3. The van der Waals surface area contributed by atoms with Crippen LogP contribution in [0, 0.1) is 0 Å². The van der Waals surface area contributed by atoms with E-state index in [9.17, 15) is 13.5 Å². The largest absolute Gasteiger partial charge is 0.507 e. The summed E-state index contributed by atoms with van der Waals surface area (Å²) in [5.74, 6) is -0.207. The Labute approximate surface area is 96.6 Å². The van der Waals surface area contributed by atoms with Crippen molar-refractivity contribution in [2.75, 3.05) is 6.54 Å². The third-order valence-electron chi connectivity index (χ3n) is 2.34. The Kier molecular flexibility index (Phi) is 3.93. The molecule has 4 nitrogen and oxygen atoms in total. The van der Waals surface area contributed by atoms with E-state index in [1.165, 1.54) is 16.4 Å². The van der Waals surface area contributed by atoms with Gasteiger partial charge in [-0.3, -0.25) is 0 Å². The van der Waals surface area contributed by atoms with E-state index in [2.05, 4.69) is 0 Å². The summed E-state index contributed by atoms with van der Waals surface area (Å²) >= 11 is 0. The zero-order valence-corrected chi connectivity index (χ0v) is 10.5. The smallest absolute Gasteiger partial charge is 0.246 e. The standard InChI is InChI=1S/C11H17NO3S/c1-4-12(9(2)3)16(14,15)11-8-6-5-7-10(11)13/h5-9,13H,4H2,1-3H3. The maximum Gasteiger partial charge on any atom is 0.246 e. The molecule has 16 heavy (non-hydrogen) atoms. The molecule has 0 atom stereocenters. The van der Waals surface area contributed by atoms with Gasteiger partial charge in [-0.1, -0.05) is 19.1 Å². The van der Waals surface area contributed by atoms with E-state index >= 15 is 0 Å². The van der Waals surface area contributed by atoms with Crippen LogP contribution in [-0.4, -0.2) is 30.4 Å². The van der Waals surface area contributed by atoms with Crippen LogP contribution in [-0.2, 0) is 10.0 Å². The van der Waals surface area contributed by atoms with Crippen molar-refractivity contribution in [1.82, 2.24) is 4.31 Å². The molecular weight excluding hydrogens is 226 g/mol. The summed E-state index contributed by atoms with van der Waals surface area (Å²) in [6, 6.07) is 5.85. The predicted molar refractivity (Wildman–Crippen MR) is 62.8 cm³/mol. The highest BCUT2D eigenvalue weighted by Gasteiger charge is 2.27. The average molecular weight is 243 g/mol. The fraction of sp³-hybridized carbons (Fsp3) is 0.455. The fourth-order valence-electron chi connectivity index (χ4n) is 1.61. The lowest BCUT2D eigenvalue weighted by atomic mass is 10.3. The number of nitrogens with zero attached hydrogens (tertiary/aromatic N) is 1. The summed E-state index contributed by atoms with van der Waals surface area (Å²) in [6.45, 7) is 5.77. The first-order chi connectivity index (χ1) is 7.41. The highest BCUT2D eigenvalue weighted by molar-refractivity contribution is 7.89. The van der Waals surface area contributed by atoms with Crippen LogP contribution < -0.4 is 0 Å². The van der Waals surface area contributed by atoms with E-state index in [4.69, 9.17) is 0 Å². The van der Waals surface area contributed by atoms with Crippen LogP contribution in [0.2, 0.25) is 0 Å². The lowest BCUT2D eigenvalue weighted by Gasteiger charge is -2.24. The number of rotatable bonds is 4. The Morgan fingerprint density at radius 3 is 2.31 bits per heavy atom. The molecule has 0 spiro atoms.